The van der Waals surface area contributed by atoms with Gasteiger partial charge in [-0.1, -0.05) is 54.1 Å². The summed E-state index contributed by atoms with van der Waals surface area (Å²) in [6.07, 6.45) is 0. The molecule has 27 heavy (non-hydrogen) atoms. The molecule has 0 saturated heterocycles. The Morgan fingerprint density at radius 3 is 2.33 bits per heavy atom. The average Bonchev–Trinajstić information content (AvgIpc) is 3.00. The molecule has 1 heterocycles. The van der Waals surface area contributed by atoms with Crippen molar-refractivity contribution < 1.29 is 14.6 Å². The number of aryl methyl sites for hydroxylation is 1. The van der Waals surface area contributed by atoms with Gasteiger partial charge in [0.1, 0.15) is 5.75 Å². The average molecular weight is 360 g/mol. The third-order valence-electron chi connectivity index (χ3n) is 4.87. The third kappa shape index (κ3) is 2.81. The van der Waals surface area contributed by atoms with E-state index in [1.807, 2.05) is 61.5 Å². The summed E-state index contributed by atoms with van der Waals surface area (Å²) in [6, 6.07) is 19.0. The number of phenolic OH excluding ortho intramolecular Hbond substituents is 1. The highest BCUT2D eigenvalue weighted by atomic mass is 16.6. The fourth-order valence-corrected chi connectivity index (χ4v) is 3.36. The van der Waals surface area contributed by atoms with Crippen LogP contribution in [0, 0.1) is 6.92 Å². The van der Waals surface area contributed by atoms with E-state index in [4.69, 9.17) is 4.74 Å². The number of hydrazone groups is 1. The lowest BCUT2D eigenvalue weighted by atomic mass is 10.0. The first-order valence-corrected chi connectivity index (χ1v) is 8.76. The Hall–Kier alpha value is -3.34. The maximum atomic E-state index is 12.3. The van der Waals surface area contributed by atoms with Crippen molar-refractivity contribution in [3.05, 3.63) is 77.4 Å². The highest BCUT2D eigenvalue weighted by molar-refractivity contribution is 6.03. The van der Waals surface area contributed by atoms with Crippen LogP contribution in [0.3, 0.4) is 0 Å². The van der Waals surface area contributed by atoms with Crippen molar-refractivity contribution in [1.29, 1.82) is 0 Å². The molecule has 0 aliphatic carbocycles. The summed E-state index contributed by atoms with van der Waals surface area (Å²) < 4.78 is 6.16. The van der Waals surface area contributed by atoms with Crippen molar-refractivity contribution in [3.63, 3.8) is 0 Å². The van der Waals surface area contributed by atoms with Crippen LogP contribution in [0.2, 0.25) is 0 Å². The van der Waals surface area contributed by atoms with Crippen LogP contribution >= 0.6 is 0 Å². The molecule has 1 amide bonds. The van der Waals surface area contributed by atoms with Gasteiger partial charge in [0.15, 0.2) is 0 Å². The lowest BCUT2D eigenvalue weighted by Crippen LogP contribution is -2.41. The number of carbonyl (C=O) groups is 1. The number of benzene rings is 3. The van der Waals surface area contributed by atoms with Crippen LogP contribution in [0.1, 0.15) is 30.5 Å². The zero-order valence-electron chi connectivity index (χ0n) is 15.4. The van der Waals surface area contributed by atoms with Crippen molar-refractivity contribution in [1.82, 2.24) is 5.01 Å². The highest BCUT2D eigenvalue weighted by Crippen LogP contribution is 2.38. The summed E-state index contributed by atoms with van der Waals surface area (Å²) in [5.74, 6) is 0.0361. The summed E-state index contributed by atoms with van der Waals surface area (Å²) >= 11 is 0. The molecule has 4 rings (SSSR count). The van der Waals surface area contributed by atoms with E-state index in [-0.39, 0.29) is 17.6 Å². The Labute approximate surface area is 157 Å². The third-order valence-corrected chi connectivity index (χ3v) is 4.87. The lowest BCUT2D eigenvalue weighted by Gasteiger charge is -2.31. The smallest absolute Gasteiger partial charge is 0.245 e. The Bertz CT molecular complexity index is 1070. The molecule has 1 atom stereocenters. The minimum atomic E-state index is -1.08. The van der Waals surface area contributed by atoms with Crippen LogP contribution < -0.4 is 0 Å². The fraction of sp³-hybridized carbons (Fsp3) is 0.182. The van der Waals surface area contributed by atoms with Crippen LogP contribution in [0.15, 0.2) is 65.8 Å². The van der Waals surface area contributed by atoms with Gasteiger partial charge in [-0.3, -0.25) is 4.79 Å². The number of nitrogens with zero attached hydrogens (tertiary/aromatic N) is 2. The van der Waals surface area contributed by atoms with E-state index in [1.54, 1.807) is 13.0 Å². The van der Waals surface area contributed by atoms with Gasteiger partial charge in [0.05, 0.1) is 5.56 Å². The molecule has 0 saturated carbocycles. The quantitative estimate of drug-likeness (QED) is 0.742. The van der Waals surface area contributed by atoms with E-state index in [2.05, 4.69) is 5.10 Å². The molecule has 0 bridgehead atoms. The van der Waals surface area contributed by atoms with Crippen LogP contribution in [-0.4, -0.2) is 21.9 Å². The molecule has 5 heteroatoms. The number of rotatable bonds is 2. The molecule has 1 N–H and O–H groups in total. The second-order valence-electron chi connectivity index (χ2n) is 6.90. The normalized spacial score (nSPS) is 19.1. The number of ether oxygens (including phenoxy) is 1. The second-order valence-corrected chi connectivity index (χ2v) is 6.90. The van der Waals surface area contributed by atoms with E-state index in [9.17, 15) is 9.90 Å². The molecule has 5 nitrogen and oxygen atoms in total. The van der Waals surface area contributed by atoms with Crippen molar-refractivity contribution >= 4 is 22.6 Å². The van der Waals surface area contributed by atoms with Crippen LogP contribution in [0.4, 0.5) is 0 Å². The fourth-order valence-electron chi connectivity index (χ4n) is 3.36. The summed E-state index contributed by atoms with van der Waals surface area (Å²) in [5, 5.41) is 18.1. The summed E-state index contributed by atoms with van der Waals surface area (Å²) in [7, 11) is 0. The van der Waals surface area contributed by atoms with Crippen molar-refractivity contribution in [2.24, 2.45) is 5.10 Å². The molecule has 136 valence electrons. The second kappa shape index (κ2) is 6.13. The molecular formula is C22H20N2O3. The van der Waals surface area contributed by atoms with Gasteiger partial charge in [-0.05, 0) is 29.8 Å². The zero-order valence-corrected chi connectivity index (χ0v) is 15.4. The van der Waals surface area contributed by atoms with E-state index < -0.39 is 5.72 Å². The molecular weight excluding hydrogens is 340 g/mol. The Morgan fingerprint density at radius 1 is 1.07 bits per heavy atom. The zero-order chi connectivity index (χ0) is 19.2. The monoisotopic (exact) mass is 360 g/mol. The Morgan fingerprint density at radius 2 is 1.70 bits per heavy atom. The predicted molar refractivity (Wildman–Crippen MR) is 104 cm³/mol. The SMILES string of the molecule is CC(=O)N1N=C(c2cc3ccccc3cc2O)OC1(C)c1ccc(C)cc1. The molecule has 0 spiro atoms. The minimum Gasteiger partial charge on any atom is -0.507 e. The van der Waals surface area contributed by atoms with Crippen molar-refractivity contribution in [3.8, 4) is 5.75 Å². The minimum absolute atomic E-state index is 0.0594. The molecule has 3 aromatic carbocycles. The van der Waals surface area contributed by atoms with Gasteiger partial charge in [-0.15, -0.1) is 5.10 Å². The van der Waals surface area contributed by atoms with Gasteiger partial charge in [0.25, 0.3) is 0 Å². The molecule has 3 aromatic rings. The first-order valence-electron chi connectivity index (χ1n) is 8.76. The van der Waals surface area contributed by atoms with Crippen LogP contribution in [0.5, 0.6) is 5.75 Å². The van der Waals surface area contributed by atoms with Crippen LogP contribution in [-0.2, 0) is 15.3 Å². The molecule has 1 unspecified atom stereocenters. The predicted octanol–water partition coefficient (Wildman–Crippen LogP) is 4.27. The number of aromatic hydroxyl groups is 1. The molecule has 0 fully saturated rings. The van der Waals surface area contributed by atoms with Gasteiger partial charge >= 0.3 is 0 Å². The van der Waals surface area contributed by atoms with Gasteiger partial charge in [-0.25, -0.2) is 0 Å². The van der Waals surface area contributed by atoms with E-state index >= 15 is 0 Å². The Balaban J connectivity index is 1.81. The van der Waals surface area contributed by atoms with Crippen molar-refractivity contribution in [2.75, 3.05) is 0 Å². The summed E-state index contributed by atoms with van der Waals surface area (Å²) in [5.41, 5.74) is 1.30. The number of fused-ring (bicyclic) bond motifs is 1. The van der Waals surface area contributed by atoms with E-state index in [0.29, 0.717) is 5.56 Å². The standard InChI is InChI=1S/C22H20N2O3/c1-14-8-10-18(11-9-14)22(3)24(15(2)25)23-21(27-22)19-12-16-6-4-5-7-17(16)13-20(19)26/h4-13,26H,1-3H3. The molecule has 1 aliphatic rings. The number of hydrogen-bond donors (Lipinski definition) is 1. The maximum absolute atomic E-state index is 12.3. The van der Waals surface area contributed by atoms with Gasteiger partial charge in [0.2, 0.25) is 17.5 Å². The van der Waals surface area contributed by atoms with Gasteiger partial charge < -0.3 is 9.84 Å². The first-order chi connectivity index (χ1) is 12.9. The number of carbonyl (C=O) groups excluding carboxylic acids is 1. The summed E-state index contributed by atoms with van der Waals surface area (Å²) in [6.45, 7) is 5.25. The maximum Gasteiger partial charge on any atom is 0.245 e. The van der Waals surface area contributed by atoms with Crippen molar-refractivity contribution in [2.45, 2.75) is 26.5 Å². The number of amides is 1. The number of phenols is 1. The Kier molecular flexibility index (Phi) is 3.88. The van der Waals surface area contributed by atoms with Gasteiger partial charge in [0, 0.05) is 19.4 Å². The largest absolute Gasteiger partial charge is 0.507 e. The lowest BCUT2D eigenvalue weighted by molar-refractivity contribution is -0.146. The summed E-state index contributed by atoms with van der Waals surface area (Å²) in [4.78, 5) is 12.3. The molecule has 0 radical (unpaired) electrons. The molecule has 0 aromatic heterocycles. The van der Waals surface area contributed by atoms with E-state index in [0.717, 1.165) is 21.9 Å². The number of hydrogen-bond acceptors (Lipinski definition) is 4. The van der Waals surface area contributed by atoms with Crippen LogP contribution in [0.25, 0.3) is 10.8 Å². The van der Waals surface area contributed by atoms with E-state index in [1.165, 1.54) is 11.9 Å². The first kappa shape index (κ1) is 17.1. The highest BCUT2D eigenvalue weighted by Gasteiger charge is 2.45. The van der Waals surface area contributed by atoms with Gasteiger partial charge in [-0.2, -0.15) is 5.01 Å². The topological polar surface area (TPSA) is 62.1 Å². The molecule has 1 aliphatic heterocycles.